The number of rotatable bonds is 6. The molecule has 0 saturated carbocycles. The number of ether oxygens (including phenoxy) is 1. The Morgan fingerprint density at radius 1 is 0.872 bits per heavy atom. The minimum atomic E-state index is -4.62. The molecule has 3 aromatic carbocycles. The molecule has 5 nitrogen and oxygen atoms in total. The van der Waals surface area contributed by atoms with Gasteiger partial charge in [-0.05, 0) is 73.2 Å². The fourth-order valence-corrected chi connectivity index (χ4v) is 4.21. The molecule has 0 bridgehead atoms. The first-order chi connectivity index (χ1) is 18.3. The molecule has 12 heteroatoms. The van der Waals surface area contributed by atoms with E-state index < -0.39 is 41.4 Å². The van der Waals surface area contributed by atoms with Crippen molar-refractivity contribution < 1.29 is 40.7 Å². The molecule has 1 unspecified atom stereocenters. The number of carbonyl (C=O) groups is 2. The quantitative estimate of drug-likeness (QED) is 0.249. The van der Waals surface area contributed by atoms with Gasteiger partial charge in [0.1, 0.15) is 5.70 Å². The number of amides is 1. The summed E-state index contributed by atoms with van der Waals surface area (Å²) in [6.07, 6.45) is -9.21. The second-order valence-corrected chi connectivity index (χ2v) is 8.82. The summed E-state index contributed by atoms with van der Waals surface area (Å²) in [7, 11) is 0. The molecular weight excluding hydrogens is 550 g/mol. The zero-order chi connectivity index (χ0) is 28.5. The van der Waals surface area contributed by atoms with Crippen LogP contribution in [0.2, 0.25) is 5.02 Å². The zero-order valence-electron chi connectivity index (χ0n) is 20.0. The summed E-state index contributed by atoms with van der Waals surface area (Å²) in [5, 5.41) is 3.07. The van der Waals surface area contributed by atoms with Gasteiger partial charge in [0, 0.05) is 16.4 Å². The van der Waals surface area contributed by atoms with E-state index in [-0.39, 0.29) is 29.3 Å². The largest absolute Gasteiger partial charge is 0.463 e. The van der Waals surface area contributed by atoms with Crippen LogP contribution >= 0.6 is 11.6 Å². The smallest absolute Gasteiger partial charge is 0.416 e. The van der Waals surface area contributed by atoms with Crippen LogP contribution in [0.3, 0.4) is 0 Å². The van der Waals surface area contributed by atoms with Crippen molar-refractivity contribution in [3.63, 3.8) is 0 Å². The molecule has 204 valence electrons. The van der Waals surface area contributed by atoms with Crippen molar-refractivity contribution in [2.24, 2.45) is 0 Å². The van der Waals surface area contributed by atoms with Crippen molar-refractivity contribution in [2.45, 2.75) is 25.3 Å². The molecule has 3 aromatic rings. The third kappa shape index (κ3) is 5.88. The number of benzene rings is 3. The van der Waals surface area contributed by atoms with Crippen LogP contribution in [0.5, 0.6) is 0 Å². The summed E-state index contributed by atoms with van der Waals surface area (Å²) in [6, 6.07) is 12.5. The molecule has 0 aliphatic carbocycles. The highest BCUT2D eigenvalue weighted by atomic mass is 35.5. The second-order valence-electron chi connectivity index (χ2n) is 8.38. The van der Waals surface area contributed by atoms with Crippen molar-refractivity contribution in [3.05, 3.63) is 106 Å². The topological polar surface area (TPSA) is 58.6 Å². The summed E-state index contributed by atoms with van der Waals surface area (Å²) in [5.74, 6) is -1.70. The fourth-order valence-electron chi connectivity index (χ4n) is 4.09. The average Bonchev–Trinajstić information content (AvgIpc) is 3.16. The highest BCUT2D eigenvalue weighted by Crippen LogP contribution is 2.43. The van der Waals surface area contributed by atoms with Gasteiger partial charge >= 0.3 is 18.3 Å². The van der Waals surface area contributed by atoms with Crippen LogP contribution in [-0.4, -0.2) is 18.5 Å². The lowest BCUT2D eigenvalue weighted by Crippen LogP contribution is -2.32. The third-order valence-electron chi connectivity index (χ3n) is 5.87. The predicted molar refractivity (Wildman–Crippen MR) is 132 cm³/mol. The van der Waals surface area contributed by atoms with Crippen molar-refractivity contribution in [1.29, 1.82) is 0 Å². The lowest BCUT2D eigenvalue weighted by Gasteiger charge is -2.27. The van der Waals surface area contributed by atoms with E-state index in [9.17, 15) is 35.9 Å². The lowest BCUT2D eigenvalue weighted by atomic mass is 9.98. The first kappa shape index (κ1) is 28.0. The van der Waals surface area contributed by atoms with Gasteiger partial charge in [-0.3, -0.25) is 9.69 Å². The average molecular weight is 569 g/mol. The SMILES string of the molecule is CCOC(=O)C1=C(Nc2ccc(C(F)(F)F)cc2)C(=O)N(c2ccc(C(F)(F)F)cc2)C1c1ccc(Cl)cc1. The predicted octanol–water partition coefficient (Wildman–Crippen LogP) is 7.39. The van der Waals surface area contributed by atoms with Crippen LogP contribution < -0.4 is 10.2 Å². The van der Waals surface area contributed by atoms with Crippen LogP contribution in [0.4, 0.5) is 37.7 Å². The molecule has 1 atom stereocenters. The highest BCUT2D eigenvalue weighted by molar-refractivity contribution is 6.30. The minimum absolute atomic E-state index is 0.0407. The molecule has 1 heterocycles. The number of esters is 1. The minimum Gasteiger partial charge on any atom is -0.463 e. The second kappa shape index (κ2) is 10.6. The van der Waals surface area contributed by atoms with Crippen molar-refractivity contribution >= 4 is 34.9 Å². The fraction of sp³-hybridized carbons (Fsp3) is 0.185. The standard InChI is InChI=1S/C27H19ClF6N2O3/c1-2-39-25(38)21-22(35-19-11-5-16(6-12-19)26(29,30)31)24(37)36(23(21)15-3-9-18(28)10-4-15)20-13-7-17(8-14-20)27(32,33)34/h3-14,23,35H,2H2,1H3. The van der Waals surface area contributed by atoms with Crippen LogP contribution in [0, 0.1) is 0 Å². The summed E-state index contributed by atoms with van der Waals surface area (Å²) < 4.78 is 83.7. The van der Waals surface area contributed by atoms with Crippen molar-refractivity contribution in [1.82, 2.24) is 0 Å². The van der Waals surface area contributed by atoms with E-state index in [4.69, 9.17) is 16.3 Å². The van der Waals surface area contributed by atoms with Crippen LogP contribution in [0.25, 0.3) is 0 Å². The normalized spacial score (nSPS) is 16.1. The first-order valence-corrected chi connectivity index (χ1v) is 11.8. The van der Waals surface area contributed by atoms with Gasteiger partial charge in [-0.25, -0.2) is 4.79 Å². The molecule has 39 heavy (non-hydrogen) atoms. The Kier molecular flexibility index (Phi) is 7.65. The van der Waals surface area contributed by atoms with E-state index in [1.807, 2.05) is 0 Å². The summed E-state index contributed by atoms with van der Waals surface area (Å²) in [6.45, 7) is 1.49. The Labute approximate surface area is 223 Å². The number of carbonyl (C=O) groups excluding carboxylic acids is 2. The van der Waals surface area contributed by atoms with Gasteiger partial charge in [0.25, 0.3) is 5.91 Å². The Bertz CT molecular complexity index is 1400. The number of hydrogen-bond acceptors (Lipinski definition) is 4. The van der Waals surface area contributed by atoms with Gasteiger partial charge in [-0.2, -0.15) is 26.3 Å². The Morgan fingerprint density at radius 3 is 1.87 bits per heavy atom. The summed E-state index contributed by atoms with van der Waals surface area (Å²) in [4.78, 5) is 28.0. The van der Waals surface area contributed by atoms with E-state index in [0.29, 0.717) is 10.6 Å². The van der Waals surface area contributed by atoms with E-state index in [1.165, 1.54) is 24.3 Å². The van der Waals surface area contributed by atoms with Gasteiger partial charge < -0.3 is 10.1 Å². The number of nitrogens with one attached hydrogen (secondary N) is 1. The van der Waals surface area contributed by atoms with Gasteiger partial charge in [0.2, 0.25) is 0 Å². The molecule has 1 N–H and O–H groups in total. The molecule has 0 radical (unpaired) electrons. The maximum absolute atomic E-state index is 13.8. The monoisotopic (exact) mass is 568 g/mol. The maximum atomic E-state index is 13.8. The Morgan fingerprint density at radius 2 is 1.38 bits per heavy atom. The maximum Gasteiger partial charge on any atom is 0.416 e. The molecule has 0 saturated heterocycles. The number of halogens is 7. The molecule has 1 aliphatic rings. The molecule has 0 fully saturated rings. The molecule has 0 aromatic heterocycles. The van der Waals surface area contributed by atoms with Gasteiger partial charge in [0.05, 0.1) is 29.3 Å². The van der Waals surface area contributed by atoms with Crippen molar-refractivity contribution in [3.8, 4) is 0 Å². The number of alkyl halides is 6. The zero-order valence-corrected chi connectivity index (χ0v) is 20.8. The number of nitrogens with zero attached hydrogens (tertiary/aromatic N) is 1. The Balaban J connectivity index is 1.85. The summed E-state index contributed by atoms with van der Waals surface area (Å²) >= 11 is 6.01. The van der Waals surface area contributed by atoms with Gasteiger partial charge in [-0.15, -0.1) is 0 Å². The van der Waals surface area contributed by atoms with Crippen LogP contribution in [0.1, 0.15) is 29.7 Å². The van der Waals surface area contributed by atoms with E-state index in [2.05, 4.69) is 5.32 Å². The van der Waals surface area contributed by atoms with Crippen LogP contribution in [-0.2, 0) is 26.7 Å². The number of hydrogen-bond donors (Lipinski definition) is 1. The molecule has 4 rings (SSSR count). The molecular formula is C27H19ClF6N2O3. The first-order valence-electron chi connectivity index (χ1n) is 11.4. The molecule has 1 amide bonds. The number of anilines is 2. The highest BCUT2D eigenvalue weighted by Gasteiger charge is 2.45. The summed E-state index contributed by atoms with van der Waals surface area (Å²) in [5.41, 5.74) is -1.84. The van der Waals surface area contributed by atoms with E-state index in [1.54, 1.807) is 6.92 Å². The van der Waals surface area contributed by atoms with Gasteiger partial charge in [-0.1, -0.05) is 23.7 Å². The molecule has 0 spiro atoms. The Hall–Kier alpha value is -3.99. The van der Waals surface area contributed by atoms with Crippen molar-refractivity contribution in [2.75, 3.05) is 16.8 Å². The van der Waals surface area contributed by atoms with E-state index >= 15 is 0 Å². The molecule has 1 aliphatic heterocycles. The third-order valence-corrected chi connectivity index (χ3v) is 6.12. The lowest BCUT2D eigenvalue weighted by molar-refractivity contribution is -0.139. The van der Waals surface area contributed by atoms with E-state index in [0.717, 1.165) is 53.4 Å². The van der Waals surface area contributed by atoms with Gasteiger partial charge in [0.15, 0.2) is 0 Å². The van der Waals surface area contributed by atoms with Crippen LogP contribution in [0.15, 0.2) is 84.1 Å².